The molecule has 1 aromatic heterocycles. The molecule has 0 aliphatic rings. The number of hydrogen-bond acceptors (Lipinski definition) is 2. The molecule has 0 fully saturated rings. The molecule has 5 aromatic rings. The molecule has 5 rings (SSSR count). The molecule has 1 heterocycles. The summed E-state index contributed by atoms with van der Waals surface area (Å²) in [6.45, 7) is 4.25. The van der Waals surface area contributed by atoms with E-state index in [2.05, 4.69) is 95.7 Å². The predicted octanol–water partition coefficient (Wildman–Crippen LogP) is 7.14. The Kier molecular flexibility index (Phi) is 8.64. The minimum Gasteiger partial charge on any atom is -0.478 e. The van der Waals surface area contributed by atoms with Crippen molar-refractivity contribution in [2.75, 3.05) is 6.54 Å². The van der Waals surface area contributed by atoms with E-state index in [0.717, 1.165) is 24.8 Å². The van der Waals surface area contributed by atoms with Gasteiger partial charge in [0, 0.05) is 36.5 Å². The van der Waals surface area contributed by atoms with Gasteiger partial charge in [-0.05, 0) is 72.7 Å². The Morgan fingerprint density at radius 2 is 1.44 bits per heavy atom. The number of aromatic nitrogens is 1. The molecule has 0 spiro atoms. The van der Waals surface area contributed by atoms with E-state index in [-0.39, 0.29) is 11.9 Å². The van der Waals surface area contributed by atoms with Crippen molar-refractivity contribution in [3.05, 3.63) is 142 Å². The highest BCUT2D eigenvalue weighted by atomic mass is 16.4. The van der Waals surface area contributed by atoms with Crippen molar-refractivity contribution in [3.63, 3.8) is 0 Å². The Balaban J connectivity index is 1.61. The molecule has 41 heavy (non-hydrogen) atoms. The van der Waals surface area contributed by atoms with Crippen LogP contribution in [0.5, 0.6) is 0 Å². The molecule has 0 saturated carbocycles. The number of hydrogen-bond donors (Lipinski definition) is 2. The normalized spacial score (nSPS) is 11.2. The van der Waals surface area contributed by atoms with Crippen LogP contribution < -0.4 is 5.32 Å². The summed E-state index contributed by atoms with van der Waals surface area (Å²) in [5.41, 5.74) is 8.80. The van der Waals surface area contributed by atoms with E-state index in [1.165, 1.54) is 38.9 Å². The van der Waals surface area contributed by atoms with Gasteiger partial charge in [-0.15, -0.1) is 0 Å². The first kappa shape index (κ1) is 27.9. The van der Waals surface area contributed by atoms with Crippen molar-refractivity contribution in [2.24, 2.45) is 0 Å². The molecule has 0 aliphatic heterocycles. The fraction of sp³-hybridized carbons (Fsp3) is 0.222. The van der Waals surface area contributed by atoms with Gasteiger partial charge in [0.15, 0.2) is 0 Å². The Labute approximate surface area is 241 Å². The van der Waals surface area contributed by atoms with Crippen molar-refractivity contribution < 1.29 is 14.7 Å². The first-order chi connectivity index (χ1) is 19.9. The van der Waals surface area contributed by atoms with Gasteiger partial charge in [-0.1, -0.05) is 84.4 Å². The van der Waals surface area contributed by atoms with Crippen molar-refractivity contribution in [1.29, 1.82) is 0 Å². The van der Waals surface area contributed by atoms with Gasteiger partial charge in [-0.25, -0.2) is 4.79 Å². The largest absolute Gasteiger partial charge is 0.478 e. The first-order valence-electron chi connectivity index (χ1n) is 14.2. The second-order valence-electron chi connectivity index (χ2n) is 10.6. The number of carbonyl (C=O) groups is 2. The smallest absolute Gasteiger partial charge is 0.335 e. The molecule has 1 amide bonds. The second kappa shape index (κ2) is 12.7. The quantitative estimate of drug-likeness (QED) is 0.186. The SMILES string of the molecule is CC(=O)NCCc1c(CCCc2ccc(C(=O)O)cc2)c2cc(C)ccc2n1C(c1ccccc1)c1ccccc1. The molecule has 2 N–H and O–H groups in total. The lowest BCUT2D eigenvalue weighted by Crippen LogP contribution is -2.24. The van der Waals surface area contributed by atoms with E-state index in [1.54, 1.807) is 19.1 Å². The number of rotatable bonds is 11. The van der Waals surface area contributed by atoms with Crippen molar-refractivity contribution >= 4 is 22.8 Å². The van der Waals surface area contributed by atoms with Crippen LogP contribution in [0.2, 0.25) is 0 Å². The summed E-state index contributed by atoms with van der Waals surface area (Å²) < 4.78 is 2.48. The number of fused-ring (bicyclic) bond motifs is 1. The van der Waals surface area contributed by atoms with Gasteiger partial charge in [0.2, 0.25) is 5.91 Å². The molecule has 208 valence electrons. The van der Waals surface area contributed by atoms with Crippen LogP contribution >= 0.6 is 0 Å². The van der Waals surface area contributed by atoms with Gasteiger partial charge >= 0.3 is 5.97 Å². The molecule has 4 aromatic carbocycles. The van der Waals surface area contributed by atoms with Crippen molar-refractivity contribution in [1.82, 2.24) is 9.88 Å². The average Bonchev–Trinajstić information content (AvgIpc) is 3.26. The summed E-state index contributed by atoms with van der Waals surface area (Å²) in [6.07, 6.45) is 3.36. The standard InChI is InChI=1S/C36H36N2O3/c1-25-16-21-33-32(24-25)31(15-9-10-27-17-19-30(20-18-27)36(40)41)34(22-23-37-26(2)39)38(33)35(28-11-5-3-6-12-28)29-13-7-4-8-14-29/h3-8,11-14,16-21,24,35H,9-10,15,22-23H2,1-2H3,(H,37,39)(H,40,41). The lowest BCUT2D eigenvalue weighted by atomic mass is 9.97. The van der Waals surface area contributed by atoms with Crippen LogP contribution in [0.1, 0.15) is 63.3 Å². The van der Waals surface area contributed by atoms with Crippen LogP contribution in [0.3, 0.4) is 0 Å². The van der Waals surface area contributed by atoms with Crippen LogP contribution in [0.25, 0.3) is 10.9 Å². The van der Waals surface area contributed by atoms with Crippen LogP contribution in [0.4, 0.5) is 0 Å². The van der Waals surface area contributed by atoms with Gasteiger partial charge in [-0.2, -0.15) is 0 Å². The number of nitrogens with one attached hydrogen (secondary N) is 1. The first-order valence-corrected chi connectivity index (χ1v) is 14.2. The molecule has 0 unspecified atom stereocenters. The summed E-state index contributed by atoms with van der Waals surface area (Å²) in [5.74, 6) is -0.938. The summed E-state index contributed by atoms with van der Waals surface area (Å²) in [7, 11) is 0. The number of carbonyl (C=O) groups excluding carboxylic acids is 1. The maximum atomic E-state index is 11.8. The highest BCUT2D eigenvalue weighted by Crippen LogP contribution is 2.37. The van der Waals surface area contributed by atoms with Crippen LogP contribution in [-0.2, 0) is 24.1 Å². The van der Waals surface area contributed by atoms with Gasteiger partial charge in [0.05, 0.1) is 11.6 Å². The highest BCUT2D eigenvalue weighted by Gasteiger charge is 2.25. The maximum absolute atomic E-state index is 11.8. The Morgan fingerprint density at radius 3 is 2.02 bits per heavy atom. The van der Waals surface area contributed by atoms with E-state index < -0.39 is 5.97 Å². The van der Waals surface area contributed by atoms with E-state index >= 15 is 0 Å². The zero-order valence-electron chi connectivity index (χ0n) is 23.6. The van der Waals surface area contributed by atoms with Gasteiger partial charge in [0.25, 0.3) is 0 Å². The molecular formula is C36H36N2O3. The zero-order chi connectivity index (χ0) is 28.8. The number of aryl methyl sites for hydroxylation is 3. The average molecular weight is 545 g/mol. The number of aromatic carboxylic acids is 1. The third-order valence-corrected chi connectivity index (χ3v) is 7.69. The number of nitrogens with zero attached hydrogens (tertiary/aromatic N) is 1. The Hall–Kier alpha value is -4.64. The zero-order valence-corrected chi connectivity index (χ0v) is 23.6. The summed E-state index contributed by atoms with van der Waals surface area (Å²) in [5, 5.41) is 13.5. The summed E-state index contributed by atoms with van der Waals surface area (Å²) in [6, 6.07) is 35.1. The van der Waals surface area contributed by atoms with Crippen LogP contribution in [0.15, 0.2) is 103 Å². The molecule has 0 aliphatic carbocycles. The second-order valence-corrected chi connectivity index (χ2v) is 10.6. The predicted molar refractivity (Wildman–Crippen MR) is 165 cm³/mol. The lowest BCUT2D eigenvalue weighted by molar-refractivity contribution is -0.118. The maximum Gasteiger partial charge on any atom is 0.335 e. The summed E-state index contributed by atoms with van der Waals surface area (Å²) in [4.78, 5) is 23.1. The molecule has 0 saturated heterocycles. The fourth-order valence-corrected chi connectivity index (χ4v) is 5.79. The van der Waals surface area contributed by atoms with Crippen molar-refractivity contribution in [2.45, 2.75) is 45.6 Å². The number of benzene rings is 4. The third-order valence-electron chi connectivity index (χ3n) is 7.69. The van der Waals surface area contributed by atoms with Crippen molar-refractivity contribution in [3.8, 4) is 0 Å². The van der Waals surface area contributed by atoms with E-state index in [1.807, 2.05) is 12.1 Å². The highest BCUT2D eigenvalue weighted by molar-refractivity contribution is 5.88. The Morgan fingerprint density at radius 1 is 0.805 bits per heavy atom. The number of amides is 1. The monoisotopic (exact) mass is 544 g/mol. The Bertz CT molecular complexity index is 1600. The van der Waals surface area contributed by atoms with E-state index in [0.29, 0.717) is 18.5 Å². The van der Waals surface area contributed by atoms with Crippen LogP contribution in [-0.4, -0.2) is 28.1 Å². The molecular weight excluding hydrogens is 508 g/mol. The van der Waals surface area contributed by atoms with Gasteiger partial charge < -0.3 is 15.0 Å². The van der Waals surface area contributed by atoms with Crippen LogP contribution in [0, 0.1) is 6.92 Å². The molecule has 0 atom stereocenters. The minimum absolute atomic E-state index is 0.0211. The molecule has 0 bridgehead atoms. The fourth-order valence-electron chi connectivity index (χ4n) is 5.79. The van der Waals surface area contributed by atoms with E-state index in [9.17, 15) is 14.7 Å². The van der Waals surface area contributed by atoms with E-state index in [4.69, 9.17) is 0 Å². The number of carboxylic acid groups (broad SMARTS) is 1. The molecule has 5 heteroatoms. The topological polar surface area (TPSA) is 71.3 Å². The van der Waals surface area contributed by atoms with Gasteiger partial charge in [-0.3, -0.25) is 4.79 Å². The number of carboxylic acids is 1. The minimum atomic E-state index is -0.907. The molecule has 5 nitrogen and oxygen atoms in total. The third kappa shape index (κ3) is 6.41. The molecule has 0 radical (unpaired) electrons. The lowest BCUT2D eigenvalue weighted by Gasteiger charge is -2.25. The summed E-state index contributed by atoms with van der Waals surface area (Å²) >= 11 is 0. The van der Waals surface area contributed by atoms with Gasteiger partial charge in [0.1, 0.15) is 0 Å².